The molecule has 2 aromatic heterocycles. The van der Waals surface area contributed by atoms with Crippen LogP contribution in [0.1, 0.15) is 53.6 Å². The Bertz CT molecular complexity index is 1640. The Hall–Kier alpha value is -4.54. The summed E-state index contributed by atoms with van der Waals surface area (Å²) in [6.07, 6.45) is 0.686. The number of aryl methyl sites for hydroxylation is 2. The van der Waals surface area contributed by atoms with Crippen molar-refractivity contribution in [2.24, 2.45) is 5.73 Å². The summed E-state index contributed by atoms with van der Waals surface area (Å²) in [6.45, 7) is 4.53. The van der Waals surface area contributed by atoms with Crippen molar-refractivity contribution in [3.8, 4) is 27.3 Å². The third kappa shape index (κ3) is 4.87. The van der Waals surface area contributed by atoms with Crippen LogP contribution < -0.4 is 15.8 Å². The van der Waals surface area contributed by atoms with Crippen LogP contribution in [-0.2, 0) is 13.0 Å². The van der Waals surface area contributed by atoms with Crippen LogP contribution in [0.2, 0.25) is 0 Å². The van der Waals surface area contributed by atoms with Crippen molar-refractivity contribution < 1.29 is 29.3 Å². The van der Waals surface area contributed by atoms with Gasteiger partial charge in [-0.05, 0) is 71.8 Å². The maximum atomic E-state index is 13.9. The molecule has 4 aromatic rings. The number of nitrogens with one attached hydrogen (secondary N) is 1. The third-order valence-electron chi connectivity index (χ3n) is 6.66. The molecule has 2 aromatic carbocycles. The van der Waals surface area contributed by atoms with Crippen LogP contribution in [-0.4, -0.2) is 39.6 Å². The summed E-state index contributed by atoms with van der Waals surface area (Å²) in [5.41, 5.74) is 10.5. The minimum atomic E-state index is -1.42. The number of pyridine rings is 1. The number of fused-ring (bicyclic) bond motifs is 3. The number of nitrogens with zero attached hydrogens (tertiary/aromatic N) is 1. The molecule has 0 saturated carbocycles. The number of thiophene rings is 1. The molecule has 1 aliphatic rings. The molecule has 0 unspecified atom stereocenters. The summed E-state index contributed by atoms with van der Waals surface area (Å²) in [6, 6.07) is 11.8. The summed E-state index contributed by atoms with van der Waals surface area (Å²) in [5.74, 6) is -2.73. The van der Waals surface area contributed by atoms with Crippen molar-refractivity contribution >= 4 is 34.9 Å². The van der Waals surface area contributed by atoms with Gasteiger partial charge in [0.05, 0.1) is 6.61 Å². The number of amides is 1. The fourth-order valence-electron chi connectivity index (χ4n) is 4.83. The quantitative estimate of drug-likeness (QED) is 0.261. The highest BCUT2D eigenvalue weighted by Crippen LogP contribution is 2.43. The summed E-state index contributed by atoms with van der Waals surface area (Å²) >= 11 is 1.53. The Labute approximate surface area is 227 Å². The predicted molar refractivity (Wildman–Crippen MR) is 148 cm³/mol. The number of carboxylic acids is 2. The van der Waals surface area contributed by atoms with E-state index in [2.05, 4.69) is 10.3 Å². The summed E-state index contributed by atoms with van der Waals surface area (Å²) in [5, 5.41) is 24.3. The molecule has 1 aliphatic heterocycles. The Morgan fingerprint density at radius 2 is 1.74 bits per heavy atom. The van der Waals surface area contributed by atoms with Gasteiger partial charge in [0.2, 0.25) is 0 Å². The Morgan fingerprint density at radius 3 is 2.41 bits per heavy atom. The normalized spacial score (nSPS) is 12.1. The number of aromatic nitrogens is 1. The second-order valence-corrected chi connectivity index (χ2v) is 10.1. The van der Waals surface area contributed by atoms with Crippen molar-refractivity contribution in [2.45, 2.75) is 26.8 Å². The second-order valence-electron chi connectivity index (χ2n) is 9.23. The van der Waals surface area contributed by atoms with Gasteiger partial charge in [0.15, 0.2) is 5.69 Å². The highest BCUT2D eigenvalue weighted by molar-refractivity contribution is 7.13. The van der Waals surface area contributed by atoms with Gasteiger partial charge in [-0.25, -0.2) is 14.6 Å². The lowest BCUT2D eigenvalue weighted by molar-refractivity contribution is 0.0685. The first-order chi connectivity index (χ1) is 18.7. The number of ether oxygens (including phenoxy) is 1. The van der Waals surface area contributed by atoms with Crippen molar-refractivity contribution in [3.63, 3.8) is 0 Å². The zero-order valence-electron chi connectivity index (χ0n) is 21.2. The van der Waals surface area contributed by atoms with Crippen LogP contribution in [0.25, 0.3) is 21.6 Å². The lowest BCUT2D eigenvalue weighted by Gasteiger charge is -2.18. The molecule has 198 valence electrons. The van der Waals surface area contributed by atoms with E-state index in [1.165, 1.54) is 23.5 Å². The Morgan fingerprint density at radius 1 is 1.00 bits per heavy atom. The number of carboxylic acid groups (broad SMARTS) is 2. The molecule has 0 fully saturated rings. The molecule has 0 spiro atoms. The minimum Gasteiger partial charge on any atom is -0.493 e. The molecule has 9 nitrogen and oxygen atoms in total. The molecule has 0 saturated heterocycles. The lowest BCUT2D eigenvalue weighted by Crippen LogP contribution is -2.17. The van der Waals surface area contributed by atoms with E-state index in [-0.39, 0.29) is 16.7 Å². The van der Waals surface area contributed by atoms with Crippen molar-refractivity contribution in [1.82, 2.24) is 4.98 Å². The number of aromatic carboxylic acids is 2. The maximum Gasteiger partial charge on any atom is 0.355 e. The van der Waals surface area contributed by atoms with E-state index in [1.54, 1.807) is 12.1 Å². The van der Waals surface area contributed by atoms with Crippen LogP contribution in [0.5, 0.6) is 5.75 Å². The molecule has 5 N–H and O–H groups in total. The van der Waals surface area contributed by atoms with Gasteiger partial charge in [-0.2, -0.15) is 0 Å². The van der Waals surface area contributed by atoms with Crippen molar-refractivity contribution in [1.29, 1.82) is 0 Å². The summed E-state index contributed by atoms with van der Waals surface area (Å²) in [7, 11) is 0. The van der Waals surface area contributed by atoms with Crippen LogP contribution >= 0.6 is 11.3 Å². The van der Waals surface area contributed by atoms with Gasteiger partial charge in [-0.15, -0.1) is 11.3 Å². The third-order valence-corrected chi connectivity index (χ3v) is 7.65. The van der Waals surface area contributed by atoms with E-state index in [4.69, 9.17) is 10.5 Å². The van der Waals surface area contributed by atoms with E-state index in [0.29, 0.717) is 31.0 Å². The summed E-state index contributed by atoms with van der Waals surface area (Å²) in [4.78, 5) is 42.4. The maximum absolute atomic E-state index is 13.9. The first-order valence-corrected chi connectivity index (χ1v) is 13.0. The van der Waals surface area contributed by atoms with Crippen LogP contribution in [0.4, 0.5) is 5.69 Å². The van der Waals surface area contributed by atoms with Crippen LogP contribution in [0, 0.1) is 13.8 Å². The predicted octanol–water partition coefficient (Wildman–Crippen LogP) is 5.14. The van der Waals surface area contributed by atoms with E-state index >= 15 is 0 Å². The van der Waals surface area contributed by atoms with Gasteiger partial charge in [-0.1, -0.05) is 12.1 Å². The molecule has 0 atom stereocenters. The molecule has 0 radical (unpaired) electrons. The van der Waals surface area contributed by atoms with E-state index in [0.717, 1.165) is 32.7 Å². The van der Waals surface area contributed by atoms with Gasteiger partial charge >= 0.3 is 11.9 Å². The van der Waals surface area contributed by atoms with E-state index in [1.807, 2.05) is 37.4 Å². The van der Waals surface area contributed by atoms with Gasteiger partial charge in [0.1, 0.15) is 11.4 Å². The number of carbonyl (C=O) groups excluding carboxylic acids is 1. The lowest BCUT2D eigenvalue weighted by atomic mass is 9.93. The SMILES string of the molecule is Cc1cc(CN)cc(C)c1NC(=O)c1cc2c(cc1-c1ccc(C(=O)O)nc1C(=O)O)OCCc1ccsc1-2. The number of rotatable bonds is 6. The number of hydrogen-bond donors (Lipinski definition) is 4. The number of hydrogen-bond acceptors (Lipinski definition) is 7. The van der Waals surface area contributed by atoms with Gasteiger partial charge in [-0.3, -0.25) is 4.79 Å². The molecule has 39 heavy (non-hydrogen) atoms. The zero-order valence-corrected chi connectivity index (χ0v) is 22.0. The fourth-order valence-corrected chi connectivity index (χ4v) is 5.81. The molecule has 1 amide bonds. The average Bonchev–Trinajstić information content (AvgIpc) is 3.31. The molecule has 3 heterocycles. The number of benzene rings is 2. The molecule has 5 rings (SSSR count). The van der Waals surface area contributed by atoms with Crippen LogP contribution in [0.3, 0.4) is 0 Å². The summed E-state index contributed by atoms with van der Waals surface area (Å²) < 4.78 is 6.03. The average molecular weight is 544 g/mol. The second kappa shape index (κ2) is 10.3. The zero-order chi connectivity index (χ0) is 27.8. The Balaban J connectivity index is 1.72. The van der Waals surface area contributed by atoms with E-state index in [9.17, 15) is 24.6 Å². The molecular weight excluding hydrogens is 518 g/mol. The Kier molecular flexibility index (Phi) is 6.90. The first kappa shape index (κ1) is 26.1. The monoisotopic (exact) mass is 543 g/mol. The highest BCUT2D eigenvalue weighted by atomic mass is 32.1. The number of carbonyl (C=O) groups is 3. The van der Waals surface area contributed by atoms with Crippen molar-refractivity contribution in [2.75, 3.05) is 11.9 Å². The molecular formula is C29H25N3O6S. The standard InChI is InChI=1S/C29H25N3O6S/c1-14-9-16(13-30)10-15(2)24(14)32-27(33)20-11-21-23(38-7-5-17-6-8-39-26(17)21)12-19(20)18-3-4-22(28(34)35)31-25(18)29(36)37/h3-4,6,8-12H,5,7,13,30H2,1-2H3,(H,32,33)(H,34,35)(H,36,37). The molecule has 0 aliphatic carbocycles. The molecule has 10 heteroatoms. The van der Waals surface area contributed by atoms with Gasteiger partial charge in [0, 0.05) is 45.8 Å². The van der Waals surface area contributed by atoms with Gasteiger partial charge < -0.3 is 26.0 Å². The van der Waals surface area contributed by atoms with Crippen LogP contribution in [0.15, 0.2) is 47.8 Å². The topological polar surface area (TPSA) is 152 Å². The van der Waals surface area contributed by atoms with Gasteiger partial charge in [0.25, 0.3) is 5.91 Å². The number of anilines is 1. The number of nitrogens with two attached hydrogens (primary N) is 1. The van der Waals surface area contributed by atoms with Crippen molar-refractivity contribution in [3.05, 3.63) is 87.0 Å². The van der Waals surface area contributed by atoms with E-state index < -0.39 is 29.2 Å². The minimum absolute atomic E-state index is 0.103. The highest BCUT2D eigenvalue weighted by Gasteiger charge is 2.27. The smallest absolute Gasteiger partial charge is 0.355 e. The first-order valence-electron chi connectivity index (χ1n) is 12.1. The molecule has 0 bridgehead atoms. The fraction of sp³-hybridized carbons (Fsp3) is 0.172. The largest absolute Gasteiger partial charge is 0.493 e.